The van der Waals surface area contributed by atoms with Gasteiger partial charge in [-0.05, 0) is 6.42 Å². The number of nitrogens with zero attached hydrogens (tertiary/aromatic N) is 1. The number of carbonyl (C=O) groups is 2. The normalized spacial score (nSPS) is 22.1. The Kier molecular flexibility index (Phi) is 6.19. The van der Waals surface area contributed by atoms with Gasteiger partial charge < -0.3 is 10.2 Å². The van der Waals surface area contributed by atoms with Gasteiger partial charge in [0.25, 0.3) is 0 Å². The molecule has 1 N–H and O–H groups in total. The lowest BCUT2D eigenvalue weighted by Crippen LogP contribution is -2.52. The summed E-state index contributed by atoms with van der Waals surface area (Å²) in [4.78, 5) is 25.0. The molecular formula is C11H20N2O2S2. The maximum absolute atomic E-state index is 12.2. The van der Waals surface area contributed by atoms with Gasteiger partial charge in [0.2, 0.25) is 11.8 Å². The van der Waals surface area contributed by atoms with Crippen LogP contribution in [0.3, 0.4) is 0 Å². The van der Waals surface area contributed by atoms with Crippen molar-refractivity contribution < 1.29 is 9.59 Å². The van der Waals surface area contributed by atoms with E-state index in [0.29, 0.717) is 11.0 Å². The lowest BCUT2D eigenvalue weighted by atomic mass is 10.2. The summed E-state index contributed by atoms with van der Waals surface area (Å²) in [6, 6.07) is -0.489. The van der Waals surface area contributed by atoms with E-state index in [1.54, 1.807) is 0 Å². The van der Waals surface area contributed by atoms with E-state index < -0.39 is 6.04 Å². The molecule has 1 rings (SSSR count). The van der Waals surface area contributed by atoms with Gasteiger partial charge in [-0.2, -0.15) is 24.4 Å². The number of thioether (sulfide) groups is 1. The lowest BCUT2D eigenvalue weighted by Gasteiger charge is -2.34. The zero-order valence-corrected chi connectivity index (χ0v) is 12.0. The van der Waals surface area contributed by atoms with Gasteiger partial charge in [-0.25, -0.2) is 0 Å². The molecule has 1 fully saturated rings. The lowest BCUT2D eigenvalue weighted by molar-refractivity contribution is -0.135. The van der Waals surface area contributed by atoms with Crippen molar-refractivity contribution in [3.05, 3.63) is 0 Å². The second-order valence-electron chi connectivity index (χ2n) is 4.12. The number of hydrogen-bond acceptors (Lipinski definition) is 4. The Morgan fingerprint density at radius 3 is 2.82 bits per heavy atom. The molecule has 1 aliphatic rings. The van der Waals surface area contributed by atoms with Crippen molar-refractivity contribution in [2.45, 2.75) is 31.6 Å². The summed E-state index contributed by atoms with van der Waals surface area (Å²) in [5, 5.41) is 3.17. The quantitative estimate of drug-likeness (QED) is 0.746. The molecule has 0 radical (unpaired) electrons. The molecule has 0 aromatic rings. The topological polar surface area (TPSA) is 49.4 Å². The first-order chi connectivity index (χ1) is 8.08. The number of carbonyl (C=O) groups excluding carboxylic acids is 2. The van der Waals surface area contributed by atoms with E-state index in [9.17, 15) is 9.59 Å². The summed E-state index contributed by atoms with van der Waals surface area (Å²) < 4.78 is 0. The smallest absolute Gasteiger partial charge is 0.246 e. The Labute approximate surface area is 112 Å². The fraction of sp³-hybridized carbons (Fsp3) is 0.818. The van der Waals surface area contributed by atoms with E-state index in [0.717, 1.165) is 25.3 Å². The maximum atomic E-state index is 12.2. The molecule has 1 heterocycles. The Balaban J connectivity index is 2.57. The largest absolute Gasteiger partial charge is 0.344 e. The number of hydrogen-bond donors (Lipinski definition) is 2. The second-order valence-corrected chi connectivity index (χ2v) is 5.89. The van der Waals surface area contributed by atoms with Crippen LogP contribution in [-0.2, 0) is 9.59 Å². The van der Waals surface area contributed by atoms with E-state index in [-0.39, 0.29) is 11.8 Å². The zero-order chi connectivity index (χ0) is 12.8. The van der Waals surface area contributed by atoms with Crippen LogP contribution in [0.4, 0.5) is 0 Å². The molecule has 2 amide bonds. The number of thiol groups is 1. The third-order valence-corrected chi connectivity index (χ3v) is 4.50. The summed E-state index contributed by atoms with van der Waals surface area (Å²) in [5.41, 5.74) is 0. The highest BCUT2D eigenvalue weighted by atomic mass is 32.2. The second kappa shape index (κ2) is 7.16. The molecule has 0 spiro atoms. The van der Waals surface area contributed by atoms with Gasteiger partial charge in [0.05, 0.1) is 0 Å². The van der Waals surface area contributed by atoms with Crippen molar-refractivity contribution in [2.75, 3.05) is 24.6 Å². The van der Waals surface area contributed by atoms with Crippen molar-refractivity contribution >= 4 is 36.2 Å². The Morgan fingerprint density at radius 1 is 1.59 bits per heavy atom. The average molecular weight is 276 g/mol. The minimum atomic E-state index is -0.489. The molecular weight excluding hydrogens is 256 g/mol. The van der Waals surface area contributed by atoms with Crippen molar-refractivity contribution in [3.63, 3.8) is 0 Å². The molecule has 1 saturated heterocycles. The fourth-order valence-corrected chi connectivity index (χ4v) is 3.25. The predicted molar refractivity (Wildman–Crippen MR) is 74.6 cm³/mol. The van der Waals surface area contributed by atoms with E-state index >= 15 is 0 Å². The average Bonchev–Trinajstić information content (AvgIpc) is 2.35. The molecule has 2 unspecified atom stereocenters. The van der Waals surface area contributed by atoms with Crippen LogP contribution in [0.15, 0.2) is 0 Å². The number of rotatable bonds is 4. The first kappa shape index (κ1) is 14.7. The van der Waals surface area contributed by atoms with Crippen LogP contribution in [0.25, 0.3) is 0 Å². The molecule has 4 nitrogen and oxygen atoms in total. The van der Waals surface area contributed by atoms with Crippen molar-refractivity contribution in [1.29, 1.82) is 0 Å². The van der Waals surface area contributed by atoms with Gasteiger partial charge in [0.15, 0.2) is 0 Å². The highest BCUT2D eigenvalue weighted by Gasteiger charge is 2.28. The van der Waals surface area contributed by atoms with Crippen LogP contribution in [0, 0.1) is 0 Å². The summed E-state index contributed by atoms with van der Waals surface area (Å²) in [6.07, 6.45) is 1.07. The van der Waals surface area contributed by atoms with Crippen LogP contribution in [0.2, 0.25) is 0 Å². The fourth-order valence-electron chi connectivity index (χ4n) is 1.82. The van der Waals surface area contributed by atoms with Crippen molar-refractivity contribution in [1.82, 2.24) is 10.2 Å². The van der Waals surface area contributed by atoms with Crippen molar-refractivity contribution in [3.8, 4) is 0 Å². The summed E-state index contributed by atoms with van der Waals surface area (Å²) in [5.74, 6) is 1.13. The van der Waals surface area contributed by atoms with Gasteiger partial charge >= 0.3 is 0 Å². The Bertz CT molecular complexity index is 287. The molecule has 98 valence electrons. The third-order valence-electron chi connectivity index (χ3n) is 2.76. The first-order valence-electron chi connectivity index (χ1n) is 5.86. The summed E-state index contributed by atoms with van der Waals surface area (Å²) in [6.45, 7) is 5.11. The van der Waals surface area contributed by atoms with Crippen LogP contribution in [0.1, 0.15) is 20.3 Å². The maximum Gasteiger partial charge on any atom is 0.246 e. The highest BCUT2D eigenvalue weighted by molar-refractivity contribution is 8.00. The van der Waals surface area contributed by atoms with Gasteiger partial charge in [-0.1, -0.05) is 6.92 Å². The van der Waals surface area contributed by atoms with Crippen LogP contribution in [0.5, 0.6) is 0 Å². The molecule has 0 aromatic heterocycles. The number of amides is 2. The van der Waals surface area contributed by atoms with Gasteiger partial charge in [0.1, 0.15) is 6.04 Å². The SMILES string of the molecule is CCC1CN(C(=O)C(CS)NC(C)=O)CCS1. The standard InChI is InChI=1S/C11H20N2O2S2/c1-3-9-6-13(4-5-17-9)11(15)10(7-16)12-8(2)14/h9-10,16H,3-7H2,1-2H3,(H,12,14). The molecule has 0 saturated carbocycles. The van der Waals surface area contributed by atoms with Crippen LogP contribution < -0.4 is 5.32 Å². The van der Waals surface area contributed by atoms with Gasteiger partial charge in [-0.15, -0.1) is 0 Å². The van der Waals surface area contributed by atoms with Crippen molar-refractivity contribution in [2.24, 2.45) is 0 Å². The summed E-state index contributed by atoms with van der Waals surface area (Å²) >= 11 is 6.04. The van der Waals surface area contributed by atoms with E-state index in [1.807, 2.05) is 16.7 Å². The van der Waals surface area contributed by atoms with Crippen LogP contribution >= 0.6 is 24.4 Å². The molecule has 1 aliphatic heterocycles. The minimum absolute atomic E-state index is 0.00560. The molecule has 0 aromatic carbocycles. The Morgan fingerprint density at radius 2 is 2.29 bits per heavy atom. The first-order valence-corrected chi connectivity index (χ1v) is 7.55. The summed E-state index contributed by atoms with van der Waals surface area (Å²) in [7, 11) is 0. The molecule has 0 aliphatic carbocycles. The van der Waals surface area contributed by atoms with Gasteiger partial charge in [0, 0.05) is 36.8 Å². The third kappa shape index (κ3) is 4.43. The van der Waals surface area contributed by atoms with Crippen LogP contribution in [-0.4, -0.2) is 52.6 Å². The van der Waals surface area contributed by atoms with E-state index in [4.69, 9.17) is 0 Å². The van der Waals surface area contributed by atoms with E-state index in [1.165, 1.54) is 6.92 Å². The molecule has 0 bridgehead atoms. The Hall–Kier alpha value is -0.360. The zero-order valence-electron chi connectivity index (χ0n) is 10.3. The molecule has 17 heavy (non-hydrogen) atoms. The number of nitrogens with one attached hydrogen (secondary N) is 1. The predicted octanol–water partition coefficient (Wildman–Crippen LogP) is 0.775. The molecule has 6 heteroatoms. The van der Waals surface area contributed by atoms with E-state index in [2.05, 4.69) is 24.9 Å². The molecule has 2 atom stereocenters. The highest BCUT2D eigenvalue weighted by Crippen LogP contribution is 2.21. The minimum Gasteiger partial charge on any atom is -0.344 e. The van der Waals surface area contributed by atoms with Gasteiger partial charge in [-0.3, -0.25) is 9.59 Å². The monoisotopic (exact) mass is 276 g/mol.